The smallest absolute Gasteiger partial charge is 0.261 e. The van der Waals surface area contributed by atoms with Gasteiger partial charge in [-0.05, 0) is 31.1 Å². The Bertz CT molecular complexity index is 1010. The van der Waals surface area contributed by atoms with Crippen LogP contribution in [-0.4, -0.2) is 55.5 Å². The van der Waals surface area contributed by atoms with Crippen molar-refractivity contribution >= 4 is 46.4 Å². The first-order valence-corrected chi connectivity index (χ1v) is 10.9. The fourth-order valence-electron chi connectivity index (χ4n) is 3.14. The topological polar surface area (TPSA) is 81.0 Å². The van der Waals surface area contributed by atoms with Crippen LogP contribution in [0.4, 0.5) is 0 Å². The molecule has 0 fully saturated rings. The quantitative estimate of drug-likeness (QED) is 0.273. The molecule has 0 bridgehead atoms. The minimum Gasteiger partial charge on any atom is -0.274 e. The number of hydrogen-bond donors (Lipinski definition) is 0. The molecule has 0 unspecified atom stereocenters. The molecule has 0 aliphatic carbocycles. The Morgan fingerprint density at radius 3 is 2.30 bits per heavy atom. The van der Waals surface area contributed by atoms with Gasteiger partial charge in [0.05, 0.1) is 22.7 Å². The zero-order chi connectivity index (χ0) is 19.0. The molecule has 0 spiro atoms. The van der Waals surface area contributed by atoms with Gasteiger partial charge in [-0.3, -0.25) is 14.5 Å². The van der Waals surface area contributed by atoms with Crippen LogP contribution in [0.1, 0.15) is 27.1 Å². The van der Waals surface area contributed by atoms with Crippen molar-refractivity contribution in [3.05, 3.63) is 41.6 Å². The van der Waals surface area contributed by atoms with E-state index >= 15 is 0 Å². The maximum atomic E-state index is 12.4. The minimum absolute atomic E-state index is 0.224. The van der Waals surface area contributed by atoms with Gasteiger partial charge < -0.3 is 0 Å². The van der Waals surface area contributed by atoms with Crippen molar-refractivity contribution in [2.24, 2.45) is 0 Å². The van der Waals surface area contributed by atoms with Crippen LogP contribution in [0, 0.1) is 0 Å². The predicted molar refractivity (Wildman–Crippen MR) is 105 cm³/mol. The van der Waals surface area contributed by atoms with Crippen LogP contribution >= 0.6 is 23.5 Å². The number of hydrogen-bond acceptors (Lipinski definition) is 7. The molecule has 9 heteroatoms. The highest BCUT2D eigenvalue weighted by molar-refractivity contribution is 7.99. The molecule has 3 heterocycles. The maximum absolute atomic E-state index is 12.4. The van der Waals surface area contributed by atoms with E-state index in [1.807, 2.05) is 17.2 Å². The number of benzene rings is 1. The Morgan fingerprint density at radius 2 is 1.67 bits per heavy atom. The van der Waals surface area contributed by atoms with Gasteiger partial charge in [-0.2, -0.15) is 5.10 Å². The highest BCUT2D eigenvalue weighted by atomic mass is 32.2. The lowest BCUT2D eigenvalue weighted by molar-refractivity contribution is 0.0650. The van der Waals surface area contributed by atoms with Crippen molar-refractivity contribution in [3.63, 3.8) is 0 Å². The largest absolute Gasteiger partial charge is 0.274 e. The van der Waals surface area contributed by atoms with Gasteiger partial charge in [0.25, 0.3) is 11.8 Å². The van der Waals surface area contributed by atoms with Crippen LogP contribution < -0.4 is 0 Å². The van der Waals surface area contributed by atoms with E-state index in [-0.39, 0.29) is 11.8 Å². The second kappa shape index (κ2) is 7.32. The molecular formula is C18H17N5O2S2. The van der Waals surface area contributed by atoms with Crippen molar-refractivity contribution in [1.29, 1.82) is 0 Å². The summed E-state index contributed by atoms with van der Waals surface area (Å²) in [6.45, 7) is 0.916. The van der Waals surface area contributed by atoms with Crippen molar-refractivity contribution in [3.8, 4) is 0 Å². The summed E-state index contributed by atoms with van der Waals surface area (Å²) >= 11 is 3.05. The number of rotatable bonds is 6. The first-order valence-electron chi connectivity index (χ1n) is 8.40. The molecule has 1 aromatic carbocycles. The molecule has 1 aliphatic heterocycles. The average Bonchev–Trinajstić information content (AvgIpc) is 3.22. The molecule has 1 aliphatic rings. The molecule has 0 radical (unpaired) electrons. The number of fused-ring (bicyclic) bond motifs is 2. The molecule has 2 amide bonds. The first-order chi connectivity index (χ1) is 13.1. The molecule has 7 nitrogen and oxygen atoms in total. The Kier molecular flexibility index (Phi) is 4.88. The summed E-state index contributed by atoms with van der Waals surface area (Å²) in [6.07, 6.45) is 6.29. The van der Waals surface area contributed by atoms with Gasteiger partial charge in [0.15, 0.2) is 10.8 Å². The van der Waals surface area contributed by atoms with E-state index in [9.17, 15) is 9.59 Å². The second-order valence-electron chi connectivity index (χ2n) is 5.99. The van der Waals surface area contributed by atoms with Gasteiger partial charge in [0.2, 0.25) is 0 Å². The zero-order valence-corrected chi connectivity index (χ0v) is 16.5. The summed E-state index contributed by atoms with van der Waals surface area (Å²) in [5.41, 5.74) is 1.74. The number of carbonyl (C=O) groups excluding carboxylic acids is 2. The number of amides is 2. The predicted octanol–water partition coefficient (Wildman–Crippen LogP) is 2.96. The molecule has 0 atom stereocenters. The number of aryl methyl sites for hydroxylation is 1. The molecule has 0 N–H and O–H groups in total. The van der Waals surface area contributed by atoms with E-state index in [0.717, 1.165) is 16.1 Å². The Hall–Kier alpha value is -2.39. The second-order valence-corrected chi connectivity index (χ2v) is 7.55. The zero-order valence-electron chi connectivity index (χ0n) is 14.9. The molecule has 138 valence electrons. The van der Waals surface area contributed by atoms with Crippen molar-refractivity contribution in [2.75, 3.05) is 19.1 Å². The van der Waals surface area contributed by atoms with E-state index in [1.165, 1.54) is 16.7 Å². The number of nitrogens with zero attached hydrogens (tertiary/aromatic N) is 5. The monoisotopic (exact) mass is 399 g/mol. The van der Waals surface area contributed by atoms with E-state index < -0.39 is 0 Å². The minimum atomic E-state index is -0.224. The Balaban J connectivity index is 1.50. The van der Waals surface area contributed by atoms with Gasteiger partial charge in [-0.1, -0.05) is 23.9 Å². The summed E-state index contributed by atoms with van der Waals surface area (Å²) in [5, 5.41) is 6.94. The van der Waals surface area contributed by atoms with Crippen LogP contribution in [0.2, 0.25) is 0 Å². The third-order valence-electron chi connectivity index (χ3n) is 4.45. The summed E-state index contributed by atoms with van der Waals surface area (Å²) in [6, 6.07) is 6.94. The lowest BCUT2D eigenvalue weighted by Crippen LogP contribution is -2.31. The normalized spacial score (nSPS) is 13.6. The van der Waals surface area contributed by atoms with Gasteiger partial charge in [0, 0.05) is 13.1 Å². The van der Waals surface area contributed by atoms with E-state index in [1.54, 1.807) is 42.2 Å². The molecule has 3 aromatic rings. The van der Waals surface area contributed by atoms with Crippen molar-refractivity contribution < 1.29 is 9.59 Å². The SMILES string of the molecule is CSc1nc(SC)c2cnn(CCCN3C(=O)c4ccccc4C3=O)c2n1. The van der Waals surface area contributed by atoms with Crippen LogP contribution in [0.3, 0.4) is 0 Å². The summed E-state index contributed by atoms with van der Waals surface area (Å²) in [7, 11) is 0. The molecule has 0 saturated heterocycles. The van der Waals surface area contributed by atoms with Crippen LogP contribution in [0.5, 0.6) is 0 Å². The average molecular weight is 400 g/mol. The third-order valence-corrected chi connectivity index (χ3v) is 5.69. The van der Waals surface area contributed by atoms with Gasteiger partial charge >= 0.3 is 0 Å². The number of carbonyl (C=O) groups is 2. The maximum Gasteiger partial charge on any atom is 0.261 e. The summed E-state index contributed by atoms with van der Waals surface area (Å²) < 4.78 is 1.81. The van der Waals surface area contributed by atoms with Crippen molar-refractivity contribution in [1.82, 2.24) is 24.6 Å². The molecule has 4 rings (SSSR count). The third kappa shape index (κ3) is 3.10. The lowest BCUT2D eigenvalue weighted by atomic mass is 10.1. The van der Waals surface area contributed by atoms with Crippen LogP contribution in [0.15, 0.2) is 40.6 Å². The fourth-order valence-corrected chi connectivity index (χ4v) is 4.10. The summed E-state index contributed by atoms with van der Waals surface area (Å²) in [4.78, 5) is 35.3. The van der Waals surface area contributed by atoms with E-state index in [0.29, 0.717) is 35.8 Å². The molecule has 2 aromatic heterocycles. The van der Waals surface area contributed by atoms with E-state index in [4.69, 9.17) is 0 Å². The fraction of sp³-hybridized carbons (Fsp3) is 0.278. The van der Waals surface area contributed by atoms with Crippen molar-refractivity contribution in [2.45, 2.75) is 23.1 Å². The van der Waals surface area contributed by atoms with E-state index in [2.05, 4.69) is 15.1 Å². The highest BCUT2D eigenvalue weighted by Crippen LogP contribution is 2.26. The van der Waals surface area contributed by atoms with Gasteiger partial charge in [-0.25, -0.2) is 14.6 Å². The molecule has 27 heavy (non-hydrogen) atoms. The number of aromatic nitrogens is 4. The molecule has 0 saturated carbocycles. The van der Waals surface area contributed by atoms with Crippen LogP contribution in [-0.2, 0) is 6.54 Å². The lowest BCUT2D eigenvalue weighted by Gasteiger charge is -2.13. The Morgan fingerprint density at radius 1 is 0.963 bits per heavy atom. The first kappa shape index (κ1) is 18.0. The Labute approximate surface area is 164 Å². The summed E-state index contributed by atoms with van der Waals surface area (Å²) in [5.74, 6) is -0.449. The standard InChI is InChI=1S/C18H17N5O2S2/c1-26-15-13-10-19-23(14(13)20-18(21-15)27-2)9-5-8-22-16(24)11-6-3-4-7-12(11)17(22)25/h3-4,6-7,10H,5,8-9H2,1-2H3. The number of imide groups is 1. The number of thioether (sulfide) groups is 2. The van der Waals surface area contributed by atoms with Crippen LogP contribution in [0.25, 0.3) is 11.0 Å². The van der Waals surface area contributed by atoms with Gasteiger partial charge in [0.1, 0.15) is 5.03 Å². The van der Waals surface area contributed by atoms with Gasteiger partial charge in [-0.15, -0.1) is 11.8 Å². The highest BCUT2D eigenvalue weighted by Gasteiger charge is 2.34. The molecular weight excluding hydrogens is 382 g/mol.